The van der Waals surface area contributed by atoms with Crippen molar-refractivity contribution in [2.75, 3.05) is 11.1 Å². The zero-order valence-corrected chi connectivity index (χ0v) is 14.2. The van der Waals surface area contributed by atoms with Crippen molar-refractivity contribution in [3.8, 4) is 0 Å². The Morgan fingerprint density at radius 2 is 1.75 bits per heavy atom. The standard InChI is InChI=1S/C20H19NO2S/c1-14-7-2-5-11-17(14)21-18(20(22)23)13-24-19-12-6-9-15-8-3-4-10-16(15)19/h2-12,18,21H,13H2,1H3,(H,22,23)/t18-/m0/s1. The molecule has 24 heavy (non-hydrogen) atoms. The van der Waals surface area contributed by atoms with Crippen LogP contribution in [0.4, 0.5) is 5.69 Å². The van der Waals surface area contributed by atoms with Crippen molar-refractivity contribution in [3.63, 3.8) is 0 Å². The molecule has 0 saturated heterocycles. The van der Waals surface area contributed by atoms with Crippen LogP contribution in [0.5, 0.6) is 0 Å². The molecule has 0 aliphatic rings. The highest BCUT2D eigenvalue weighted by atomic mass is 32.2. The number of aliphatic carboxylic acids is 1. The summed E-state index contributed by atoms with van der Waals surface area (Å²) in [6.45, 7) is 1.97. The Labute approximate surface area is 145 Å². The number of hydrogen-bond donors (Lipinski definition) is 2. The number of nitrogens with one attached hydrogen (secondary N) is 1. The largest absolute Gasteiger partial charge is 0.480 e. The van der Waals surface area contributed by atoms with Crippen LogP contribution < -0.4 is 5.32 Å². The number of fused-ring (bicyclic) bond motifs is 1. The van der Waals surface area contributed by atoms with Crippen molar-refractivity contribution in [1.29, 1.82) is 0 Å². The number of anilines is 1. The summed E-state index contributed by atoms with van der Waals surface area (Å²) in [7, 11) is 0. The van der Waals surface area contributed by atoms with Crippen LogP contribution in [0.25, 0.3) is 10.8 Å². The molecule has 122 valence electrons. The normalized spacial score (nSPS) is 12.0. The SMILES string of the molecule is Cc1ccccc1N[C@@H](CSc1cccc2ccccc12)C(=O)O. The third kappa shape index (κ3) is 3.71. The second-order valence-corrected chi connectivity index (χ2v) is 6.70. The van der Waals surface area contributed by atoms with Gasteiger partial charge in [-0.3, -0.25) is 0 Å². The van der Waals surface area contributed by atoms with Gasteiger partial charge in [-0.05, 0) is 35.4 Å². The summed E-state index contributed by atoms with van der Waals surface area (Å²) in [4.78, 5) is 12.7. The van der Waals surface area contributed by atoms with E-state index < -0.39 is 12.0 Å². The number of benzene rings is 3. The zero-order valence-electron chi connectivity index (χ0n) is 13.4. The minimum atomic E-state index is -0.842. The Hall–Kier alpha value is -2.46. The summed E-state index contributed by atoms with van der Waals surface area (Å²) in [6.07, 6.45) is 0. The Bertz CT molecular complexity index is 858. The van der Waals surface area contributed by atoms with Crippen LogP contribution in [0.1, 0.15) is 5.56 Å². The average Bonchev–Trinajstić information content (AvgIpc) is 2.60. The molecule has 3 aromatic carbocycles. The average molecular weight is 337 g/mol. The van der Waals surface area contributed by atoms with Crippen LogP contribution >= 0.6 is 11.8 Å². The number of carboxylic acids is 1. The fraction of sp³-hybridized carbons (Fsp3) is 0.150. The van der Waals surface area contributed by atoms with Gasteiger partial charge in [0.1, 0.15) is 6.04 Å². The number of carbonyl (C=O) groups is 1. The van der Waals surface area contributed by atoms with Crippen molar-refractivity contribution >= 4 is 34.2 Å². The van der Waals surface area contributed by atoms with Crippen LogP contribution in [-0.4, -0.2) is 22.9 Å². The molecule has 4 heteroatoms. The zero-order chi connectivity index (χ0) is 16.9. The number of para-hydroxylation sites is 1. The van der Waals surface area contributed by atoms with Crippen molar-refractivity contribution in [3.05, 3.63) is 72.3 Å². The molecule has 0 fully saturated rings. The minimum absolute atomic E-state index is 0.456. The molecule has 0 aliphatic heterocycles. The molecule has 2 N–H and O–H groups in total. The van der Waals surface area contributed by atoms with E-state index in [1.54, 1.807) is 11.8 Å². The first-order valence-electron chi connectivity index (χ1n) is 7.80. The molecule has 0 heterocycles. The first-order valence-corrected chi connectivity index (χ1v) is 8.79. The molecule has 0 amide bonds. The van der Waals surface area contributed by atoms with Gasteiger partial charge in [-0.1, -0.05) is 54.6 Å². The van der Waals surface area contributed by atoms with Crippen LogP contribution in [0, 0.1) is 6.92 Å². The predicted octanol–water partition coefficient (Wildman–Crippen LogP) is 4.81. The molecule has 0 unspecified atom stereocenters. The lowest BCUT2D eigenvalue weighted by Crippen LogP contribution is -2.31. The number of thioether (sulfide) groups is 1. The summed E-state index contributed by atoms with van der Waals surface area (Å²) in [6, 6.07) is 21.4. The second-order valence-electron chi connectivity index (χ2n) is 5.64. The van der Waals surface area contributed by atoms with E-state index in [0.29, 0.717) is 5.75 Å². The van der Waals surface area contributed by atoms with Crippen LogP contribution in [0.3, 0.4) is 0 Å². The van der Waals surface area contributed by atoms with E-state index in [9.17, 15) is 9.90 Å². The Morgan fingerprint density at radius 3 is 2.54 bits per heavy atom. The molecule has 3 rings (SSSR count). The van der Waals surface area contributed by atoms with Crippen LogP contribution in [0.2, 0.25) is 0 Å². The van der Waals surface area contributed by atoms with Gasteiger partial charge >= 0.3 is 5.97 Å². The van der Waals surface area contributed by atoms with Crippen molar-refractivity contribution in [2.24, 2.45) is 0 Å². The molecular formula is C20H19NO2S. The van der Waals surface area contributed by atoms with E-state index in [4.69, 9.17) is 0 Å². The Balaban J connectivity index is 1.77. The van der Waals surface area contributed by atoms with E-state index in [0.717, 1.165) is 21.5 Å². The molecule has 0 bridgehead atoms. The van der Waals surface area contributed by atoms with Gasteiger partial charge in [0.15, 0.2) is 0 Å². The van der Waals surface area contributed by atoms with Gasteiger partial charge in [0, 0.05) is 16.3 Å². The number of hydrogen-bond acceptors (Lipinski definition) is 3. The quantitative estimate of drug-likeness (QED) is 0.634. The van der Waals surface area contributed by atoms with E-state index in [2.05, 4.69) is 23.5 Å². The highest BCUT2D eigenvalue weighted by Gasteiger charge is 2.18. The topological polar surface area (TPSA) is 49.3 Å². The summed E-state index contributed by atoms with van der Waals surface area (Å²) < 4.78 is 0. The first kappa shape index (κ1) is 16.4. The first-order chi connectivity index (χ1) is 11.6. The van der Waals surface area contributed by atoms with Gasteiger partial charge in [-0.2, -0.15) is 0 Å². The number of carboxylic acid groups (broad SMARTS) is 1. The third-order valence-electron chi connectivity index (χ3n) is 3.93. The van der Waals surface area contributed by atoms with Gasteiger partial charge in [-0.15, -0.1) is 11.8 Å². The van der Waals surface area contributed by atoms with Crippen molar-refractivity contribution in [1.82, 2.24) is 0 Å². The lowest BCUT2D eigenvalue weighted by Gasteiger charge is -2.17. The molecule has 3 aromatic rings. The smallest absolute Gasteiger partial charge is 0.326 e. The Morgan fingerprint density at radius 1 is 1.04 bits per heavy atom. The molecule has 0 aromatic heterocycles. The van der Waals surface area contributed by atoms with Crippen molar-refractivity contribution < 1.29 is 9.90 Å². The lowest BCUT2D eigenvalue weighted by atomic mass is 10.1. The maximum Gasteiger partial charge on any atom is 0.326 e. The maximum atomic E-state index is 11.6. The van der Waals surface area contributed by atoms with Crippen LogP contribution in [-0.2, 0) is 4.79 Å². The molecule has 1 atom stereocenters. The summed E-state index contributed by atoms with van der Waals surface area (Å²) >= 11 is 1.57. The van der Waals surface area contributed by atoms with Gasteiger partial charge in [0.05, 0.1) is 0 Å². The fourth-order valence-electron chi connectivity index (χ4n) is 2.59. The van der Waals surface area contributed by atoms with Gasteiger partial charge < -0.3 is 10.4 Å². The van der Waals surface area contributed by atoms with Gasteiger partial charge in [0.2, 0.25) is 0 Å². The maximum absolute atomic E-state index is 11.6. The molecule has 0 spiro atoms. The number of aryl methyl sites for hydroxylation is 1. The summed E-state index contributed by atoms with van der Waals surface area (Å²) in [5.74, 6) is -0.386. The van der Waals surface area contributed by atoms with E-state index >= 15 is 0 Å². The molecule has 0 radical (unpaired) electrons. The van der Waals surface area contributed by atoms with Crippen molar-refractivity contribution in [2.45, 2.75) is 17.9 Å². The summed E-state index contributed by atoms with van der Waals surface area (Å²) in [5, 5.41) is 15.0. The van der Waals surface area contributed by atoms with E-state index in [-0.39, 0.29) is 0 Å². The molecule has 3 nitrogen and oxygen atoms in total. The summed E-state index contributed by atoms with van der Waals surface area (Å²) in [5.41, 5.74) is 1.90. The second kappa shape index (κ2) is 7.41. The van der Waals surface area contributed by atoms with Gasteiger partial charge in [0.25, 0.3) is 0 Å². The molecule has 0 aliphatic carbocycles. The predicted molar refractivity (Wildman–Crippen MR) is 101 cm³/mol. The molecular weight excluding hydrogens is 318 g/mol. The van der Waals surface area contributed by atoms with Gasteiger partial charge in [-0.25, -0.2) is 4.79 Å². The highest BCUT2D eigenvalue weighted by Crippen LogP contribution is 2.29. The minimum Gasteiger partial charge on any atom is -0.480 e. The third-order valence-corrected chi connectivity index (χ3v) is 5.10. The Kier molecular flexibility index (Phi) is 5.06. The monoisotopic (exact) mass is 337 g/mol. The number of rotatable bonds is 6. The lowest BCUT2D eigenvalue weighted by molar-refractivity contribution is -0.137. The molecule has 0 saturated carbocycles. The highest BCUT2D eigenvalue weighted by molar-refractivity contribution is 7.99. The van der Waals surface area contributed by atoms with Crippen LogP contribution in [0.15, 0.2) is 71.6 Å². The fourth-order valence-corrected chi connectivity index (χ4v) is 3.68. The van der Waals surface area contributed by atoms with E-state index in [1.165, 1.54) is 5.39 Å². The van der Waals surface area contributed by atoms with E-state index in [1.807, 2.05) is 55.5 Å².